The maximum Gasteiger partial charge on any atom is 0.159 e. The van der Waals surface area contributed by atoms with Crippen LogP contribution in [-0.4, -0.2) is 10.8 Å². The fourth-order valence-electron chi connectivity index (χ4n) is 2.30. The van der Waals surface area contributed by atoms with Gasteiger partial charge in [0.2, 0.25) is 0 Å². The average Bonchev–Trinajstić information content (AvgIpc) is 2.47. The number of ketones is 1. The van der Waals surface area contributed by atoms with Crippen molar-refractivity contribution in [2.75, 3.05) is 0 Å². The molecule has 1 aromatic heterocycles. The topological polar surface area (TPSA) is 30.0 Å². The molecule has 98 valence electrons. The lowest BCUT2D eigenvalue weighted by atomic mass is 10.0. The van der Waals surface area contributed by atoms with Gasteiger partial charge in [0, 0.05) is 16.6 Å². The summed E-state index contributed by atoms with van der Waals surface area (Å²) in [5, 5.41) is 1.13. The standard InChI is InChI=1S/C18H15NO/c1-12-3-4-17-11-16(9-10-18(17)19-12)15-7-5-14(6-8-15)13(2)20/h3-11H,1-2H3. The van der Waals surface area contributed by atoms with Gasteiger partial charge in [-0.25, -0.2) is 0 Å². The van der Waals surface area contributed by atoms with E-state index in [4.69, 9.17) is 0 Å². The van der Waals surface area contributed by atoms with Gasteiger partial charge in [-0.05, 0) is 43.2 Å². The number of aryl methyl sites for hydroxylation is 1. The Morgan fingerprint density at radius 2 is 1.60 bits per heavy atom. The molecule has 0 saturated heterocycles. The second kappa shape index (κ2) is 4.89. The van der Waals surface area contributed by atoms with Crippen LogP contribution in [0.1, 0.15) is 23.0 Å². The predicted octanol–water partition coefficient (Wildman–Crippen LogP) is 4.41. The molecule has 0 aliphatic carbocycles. The number of fused-ring (bicyclic) bond motifs is 1. The Morgan fingerprint density at radius 1 is 0.900 bits per heavy atom. The van der Waals surface area contributed by atoms with Crippen LogP contribution in [0.5, 0.6) is 0 Å². The molecule has 0 fully saturated rings. The second-order valence-corrected chi connectivity index (χ2v) is 4.99. The van der Waals surface area contributed by atoms with Gasteiger partial charge >= 0.3 is 0 Å². The Bertz CT molecular complexity index is 788. The summed E-state index contributed by atoms with van der Waals surface area (Å²) in [6.07, 6.45) is 0. The summed E-state index contributed by atoms with van der Waals surface area (Å²) in [6.45, 7) is 3.58. The lowest BCUT2D eigenvalue weighted by Gasteiger charge is -2.05. The van der Waals surface area contributed by atoms with Crippen LogP contribution in [-0.2, 0) is 0 Å². The molecule has 3 rings (SSSR count). The molecule has 2 heteroatoms. The number of rotatable bonds is 2. The Hall–Kier alpha value is -2.48. The number of hydrogen-bond donors (Lipinski definition) is 0. The first-order chi connectivity index (χ1) is 9.63. The molecule has 20 heavy (non-hydrogen) atoms. The first-order valence-corrected chi connectivity index (χ1v) is 6.62. The van der Waals surface area contributed by atoms with E-state index in [2.05, 4.69) is 23.2 Å². The summed E-state index contributed by atoms with van der Waals surface area (Å²) in [5.41, 5.74) is 5.02. The maximum atomic E-state index is 11.3. The van der Waals surface area contributed by atoms with Gasteiger partial charge in [-0.1, -0.05) is 36.4 Å². The van der Waals surface area contributed by atoms with E-state index in [1.165, 1.54) is 0 Å². The Kier molecular flexibility index (Phi) is 3.07. The van der Waals surface area contributed by atoms with Gasteiger partial charge in [0.05, 0.1) is 5.52 Å². The molecule has 0 amide bonds. The van der Waals surface area contributed by atoms with E-state index in [0.717, 1.165) is 33.3 Å². The van der Waals surface area contributed by atoms with Gasteiger partial charge in [0.1, 0.15) is 0 Å². The number of pyridine rings is 1. The highest BCUT2D eigenvalue weighted by Gasteiger charge is 2.03. The van der Waals surface area contributed by atoms with Crippen molar-refractivity contribution in [1.82, 2.24) is 4.98 Å². The maximum absolute atomic E-state index is 11.3. The number of carbonyl (C=O) groups excluding carboxylic acids is 1. The molecule has 2 aromatic carbocycles. The number of hydrogen-bond acceptors (Lipinski definition) is 2. The van der Waals surface area contributed by atoms with Crippen LogP contribution in [0.15, 0.2) is 54.6 Å². The zero-order valence-electron chi connectivity index (χ0n) is 11.6. The smallest absolute Gasteiger partial charge is 0.159 e. The molecule has 0 N–H and O–H groups in total. The van der Waals surface area contributed by atoms with Crippen LogP contribution < -0.4 is 0 Å². The van der Waals surface area contributed by atoms with E-state index >= 15 is 0 Å². The lowest BCUT2D eigenvalue weighted by Crippen LogP contribution is -1.91. The van der Waals surface area contributed by atoms with Crippen molar-refractivity contribution in [1.29, 1.82) is 0 Å². The van der Waals surface area contributed by atoms with Crippen LogP contribution >= 0.6 is 0 Å². The van der Waals surface area contributed by atoms with E-state index < -0.39 is 0 Å². The minimum absolute atomic E-state index is 0.0923. The highest BCUT2D eigenvalue weighted by atomic mass is 16.1. The van der Waals surface area contributed by atoms with Crippen molar-refractivity contribution in [2.45, 2.75) is 13.8 Å². The van der Waals surface area contributed by atoms with Crippen LogP contribution in [0.2, 0.25) is 0 Å². The number of Topliss-reactive ketones (excluding diaryl/α,β-unsaturated/α-hetero) is 1. The van der Waals surface area contributed by atoms with Crippen molar-refractivity contribution >= 4 is 16.7 Å². The Morgan fingerprint density at radius 3 is 2.30 bits per heavy atom. The predicted molar refractivity (Wildman–Crippen MR) is 81.9 cm³/mol. The summed E-state index contributed by atoms with van der Waals surface area (Å²) in [7, 11) is 0. The van der Waals surface area contributed by atoms with Crippen molar-refractivity contribution in [2.24, 2.45) is 0 Å². The Balaban J connectivity index is 2.05. The van der Waals surface area contributed by atoms with E-state index in [9.17, 15) is 4.79 Å². The van der Waals surface area contributed by atoms with Gasteiger partial charge in [-0.3, -0.25) is 9.78 Å². The zero-order chi connectivity index (χ0) is 14.1. The number of aromatic nitrogens is 1. The fraction of sp³-hybridized carbons (Fsp3) is 0.111. The van der Waals surface area contributed by atoms with E-state index in [1.807, 2.05) is 43.3 Å². The molecule has 0 bridgehead atoms. The van der Waals surface area contributed by atoms with Crippen molar-refractivity contribution in [3.05, 3.63) is 65.9 Å². The molecule has 0 radical (unpaired) electrons. The normalized spacial score (nSPS) is 10.7. The molecule has 1 heterocycles. The molecule has 3 aromatic rings. The fourth-order valence-corrected chi connectivity index (χ4v) is 2.30. The molecular formula is C18H15NO. The molecule has 0 aliphatic rings. The molecular weight excluding hydrogens is 246 g/mol. The molecule has 0 atom stereocenters. The number of carbonyl (C=O) groups is 1. The SMILES string of the molecule is CC(=O)c1ccc(-c2ccc3nc(C)ccc3c2)cc1. The quantitative estimate of drug-likeness (QED) is 0.639. The van der Waals surface area contributed by atoms with Gasteiger partial charge in [0.15, 0.2) is 5.78 Å². The summed E-state index contributed by atoms with van der Waals surface area (Å²) in [5.74, 6) is 0.0923. The van der Waals surface area contributed by atoms with Crippen LogP contribution in [0.3, 0.4) is 0 Å². The third kappa shape index (κ3) is 2.32. The molecule has 0 spiro atoms. The van der Waals surface area contributed by atoms with E-state index in [1.54, 1.807) is 6.92 Å². The van der Waals surface area contributed by atoms with Crippen molar-refractivity contribution < 1.29 is 4.79 Å². The summed E-state index contributed by atoms with van der Waals surface area (Å²) in [4.78, 5) is 15.8. The Labute approximate surface area is 118 Å². The molecule has 0 aliphatic heterocycles. The minimum Gasteiger partial charge on any atom is -0.295 e. The molecule has 2 nitrogen and oxygen atoms in total. The number of nitrogens with zero attached hydrogens (tertiary/aromatic N) is 1. The van der Waals surface area contributed by atoms with Gasteiger partial charge in [0.25, 0.3) is 0 Å². The van der Waals surface area contributed by atoms with Gasteiger partial charge in [-0.15, -0.1) is 0 Å². The van der Waals surface area contributed by atoms with Crippen LogP contribution in [0.25, 0.3) is 22.0 Å². The van der Waals surface area contributed by atoms with Crippen molar-refractivity contribution in [3.8, 4) is 11.1 Å². The van der Waals surface area contributed by atoms with E-state index in [-0.39, 0.29) is 5.78 Å². The first kappa shape index (κ1) is 12.5. The summed E-state index contributed by atoms with van der Waals surface area (Å²) in [6, 6.07) is 18.1. The van der Waals surface area contributed by atoms with Gasteiger partial charge in [-0.2, -0.15) is 0 Å². The molecule has 0 saturated carbocycles. The first-order valence-electron chi connectivity index (χ1n) is 6.62. The summed E-state index contributed by atoms with van der Waals surface area (Å²) < 4.78 is 0. The lowest BCUT2D eigenvalue weighted by molar-refractivity contribution is 0.101. The monoisotopic (exact) mass is 261 g/mol. The zero-order valence-corrected chi connectivity index (χ0v) is 11.6. The van der Waals surface area contributed by atoms with Gasteiger partial charge < -0.3 is 0 Å². The third-order valence-electron chi connectivity index (χ3n) is 3.45. The molecule has 0 unspecified atom stereocenters. The number of benzene rings is 2. The third-order valence-corrected chi connectivity index (χ3v) is 3.45. The minimum atomic E-state index is 0.0923. The highest BCUT2D eigenvalue weighted by Crippen LogP contribution is 2.24. The van der Waals surface area contributed by atoms with Crippen LogP contribution in [0.4, 0.5) is 0 Å². The van der Waals surface area contributed by atoms with Crippen LogP contribution in [0, 0.1) is 6.92 Å². The summed E-state index contributed by atoms with van der Waals surface area (Å²) >= 11 is 0. The largest absolute Gasteiger partial charge is 0.295 e. The van der Waals surface area contributed by atoms with Crippen molar-refractivity contribution in [3.63, 3.8) is 0 Å². The van der Waals surface area contributed by atoms with E-state index in [0.29, 0.717) is 0 Å². The average molecular weight is 261 g/mol. The highest BCUT2D eigenvalue weighted by molar-refractivity contribution is 5.94. The second-order valence-electron chi connectivity index (χ2n) is 4.99.